The van der Waals surface area contributed by atoms with E-state index in [4.69, 9.17) is 4.52 Å². The van der Waals surface area contributed by atoms with Gasteiger partial charge in [-0.1, -0.05) is 12.1 Å². The Kier molecular flexibility index (Phi) is 3.38. The van der Waals surface area contributed by atoms with Gasteiger partial charge in [0, 0.05) is 31.6 Å². The van der Waals surface area contributed by atoms with Gasteiger partial charge in [-0.2, -0.15) is 0 Å². The summed E-state index contributed by atoms with van der Waals surface area (Å²) in [7, 11) is 2.14. The minimum Gasteiger partial charge on any atom is -0.361 e. The summed E-state index contributed by atoms with van der Waals surface area (Å²) in [5.74, 6) is 1.08. The summed E-state index contributed by atoms with van der Waals surface area (Å²) in [5.41, 5.74) is 2.39. The molecule has 1 N–H and O–H groups in total. The summed E-state index contributed by atoms with van der Waals surface area (Å²) < 4.78 is 5.35. The summed E-state index contributed by atoms with van der Waals surface area (Å²) >= 11 is 0. The van der Waals surface area contributed by atoms with Crippen LogP contribution in [0.25, 0.3) is 0 Å². The number of hydrogen-bond acceptors (Lipinski definition) is 4. The highest BCUT2D eigenvalue weighted by molar-refractivity contribution is 5.25. The highest BCUT2D eigenvalue weighted by atomic mass is 16.5. The maximum Gasteiger partial charge on any atom is 0.142 e. The van der Waals surface area contributed by atoms with Gasteiger partial charge < -0.3 is 14.7 Å². The zero-order valence-electron chi connectivity index (χ0n) is 9.55. The van der Waals surface area contributed by atoms with Crippen LogP contribution in [0.5, 0.6) is 0 Å². The van der Waals surface area contributed by atoms with Gasteiger partial charge >= 0.3 is 0 Å². The second-order valence-electron chi connectivity index (χ2n) is 4.20. The first-order valence-electron chi connectivity index (χ1n) is 5.66. The molecule has 4 nitrogen and oxygen atoms in total. The smallest absolute Gasteiger partial charge is 0.142 e. The third-order valence-electron chi connectivity index (χ3n) is 2.82. The summed E-state index contributed by atoms with van der Waals surface area (Å²) in [6, 6.07) is 0. The second kappa shape index (κ2) is 4.77. The molecule has 0 aliphatic carbocycles. The Labute approximate surface area is 90.6 Å². The SMILES string of the molecule is CCCNCc1noc2c1CN(C)CC2. The van der Waals surface area contributed by atoms with Gasteiger partial charge in [-0.05, 0) is 20.0 Å². The first kappa shape index (κ1) is 10.6. The van der Waals surface area contributed by atoms with E-state index in [1.807, 2.05) is 0 Å². The standard InChI is InChI=1S/C11H19N3O/c1-3-5-12-7-10-9-8-14(2)6-4-11(9)15-13-10/h12H,3-8H2,1-2H3. The Morgan fingerprint density at radius 1 is 1.53 bits per heavy atom. The number of rotatable bonds is 4. The molecule has 84 valence electrons. The van der Waals surface area contributed by atoms with Crippen molar-refractivity contribution in [2.75, 3.05) is 20.1 Å². The van der Waals surface area contributed by atoms with E-state index in [0.29, 0.717) is 0 Å². The summed E-state index contributed by atoms with van der Waals surface area (Å²) in [6.07, 6.45) is 2.15. The fourth-order valence-corrected chi connectivity index (χ4v) is 1.92. The first-order chi connectivity index (χ1) is 7.31. The van der Waals surface area contributed by atoms with Crippen LogP contribution in [0.1, 0.15) is 30.4 Å². The van der Waals surface area contributed by atoms with Crippen molar-refractivity contribution < 1.29 is 4.52 Å². The molecular formula is C11H19N3O. The van der Waals surface area contributed by atoms with Crippen molar-refractivity contribution in [2.24, 2.45) is 0 Å². The Morgan fingerprint density at radius 3 is 3.20 bits per heavy atom. The van der Waals surface area contributed by atoms with Crippen LogP contribution in [0.4, 0.5) is 0 Å². The largest absolute Gasteiger partial charge is 0.361 e. The van der Waals surface area contributed by atoms with E-state index in [2.05, 4.69) is 29.3 Å². The predicted octanol–water partition coefficient (Wildman–Crippen LogP) is 1.16. The lowest BCUT2D eigenvalue weighted by molar-refractivity contribution is 0.281. The lowest BCUT2D eigenvalue weighted by Crippen LogP contribution is -2.27. The molecule has 0 saturated carbocycles. The topological polar surface area (TPSA) is 41.3 Å². The Bertz CT molecular complexity index is 322. The average molecular weight is 209 g/mol. The van der Waals surface area contributed by atoms with Crippen LogP contribution >= 0.6 is 0 Å². The number of likely N-dealkylation sites (N-methyl/N-ethyl adjacent to an activating group) is 1. The van der Waals surface area contributed by atoms with Crippen molar-refractivity contribution in [2.45, 2.75) is 32.9 Å². The lowest BCUT2D eigenvalue weighted by Gasteiger charge is -2.21. The zero-order chi connectivity index (χ0) is 10.7. The Morgan fingerprint density at radius 2 is 2.40 bits per heavy atom. The minimum absolute atomic E-state index is 0.834. The van der Waals surface area contributed by atoms with Crippen LogP contribution in [0, 0.1) is 0 Å². The first-order valence-corrected chi connectivity index (χ1v) is 5.66. The molecule has 0 amide bonds. The van der Waals surface area contributed by atoms with Gasteiger partial charge in [0.2, 0.25) is 0 Å². The minimum atomic E-state index is 0.834. The van der Waals surface area contributed by atoms with E-state index in [9.17, 15) is 0 Å². The molecule has 1 aromatic rings. The highest BCUT2D eigenvalue weighted by Gasteiger charge is 2.21. The van der Waals surface area contributed by atoms with E-state index in [1.54, 1.807) is 0 Å². The Balaban J connectivity index is 2.02. The van der Waals surface area contributed by atoms with Gasteiger partial charge in [0.25, 0.3) is 0 Å². The van der Waals surface area contributed by atoms with Crippen molar-refractivity contribution in [3.63, 3.8) is 0 Å². The van der Waals surface area contributed by atoms with E-state index in [-0.39, 0.29) is 0 Å². The normalized spacial score (nSPS) is 16.7. The molecule has 0 radical (unpaired) electrons. The fraction of sp³-hybridized carbons (Fsp3) is 0.727. The third-order valence-corrected chi connectivity index (χ3v) is 2.82. The summed E-state index contributed by atoms with van der Waals surface area (Å²) in [6.45, 7) is 6.09. The van der Waals surface area contributed by atoms with Gasteiger partial charge in [0.1, 0.15) is 11.5 Å². The highest BCUT2D eigenvalue weighted by Crippen LogP contribution is 2.21. The quantitative estimate of drug-likeness (QED) is 0.756. The number of hydrogen-bond donors (Lipinski definition) is 1. The molecule has 0 atom stereocenters. The van der Waals surface area contributed by atoms with Gasteiger partial charge in [0.15, 0.2) is 0 Å². The van der Waals surface area contributed by atoms with Crippen LogP contribution in [-0.4, -0.2) is 30.2 Å². The molecule has 0 bridgehead atoms. The van der Waals surface area contributed by atoms with Crippen LogP contribution in [0.15, 0.2) is 4.52 Å². The van der Waals surface area contributed by atoms with E-state index in [1.165, 1.54) is 5.56 Å². The van der Waals surface area contributed by atoms with Crippen LogP contribution in [0.3, 0.4) is 0 Å². The number of nitrogens with one attached hydrogen (secondary N) is 1. The molecule has 1 aliphatic rings. The zero-order valence-corrected chi connectivity index (χ0v) is 9.55. The maximum absolute atomic E-state index is 5.35. The van der Waals surface area contributed by atoms with Gasteiger partial charge in [-0.15, -0.1) is 0 Å². The van der Waals surface area contributed by atoms with Crippen molar-refractivity contribution in [3.05, 3.63) is 17.0 Å². The average Bonchev–Trinajstić information content (AvgIpc) is 2.62. The molecule has 0 spiro atoms. The lowest BCUT2D eigenvalue weighted by atomic mass is 10.1. The van der Waals surface area contributed by atoms with Gasteiger partial charge in [0.05, 0.1) is 0 Å². The van der Waals surface area contributed by atoms with Crippen molar-refractivity contribution in [3.8, 4) is 0 Å². The van der Waals surface area contributed by atoms with Crippen molar-refractivity contribution in [1.82, 2.24) is 15.4 Å². The van der Waals surface area contributed by atoms with E-state index >= 15 is 0 Å². The molecule has 2 rings (SSSR count). The summed E-state index contributed by atoms with van der Waals surface area (Å²) in [4.78, 5) is 2.31. The van der Waals surface area contributed by atoms with Crippen molar-refractivity contribution >= 4 is 0 Å². The van der Waals surface area contributed by atoms with Gasteiger partial charge in [-0.3, -0.25) is 0 Å². The number of fused-ring (bicyclic) bond motifs is 1. The van der Waals surface area contributed by atoms with Crippen LogP contribution in [0.2, 0.25) is 0 Å². The Hall–Kier alpha value is -0.870. The molecular weight excluding hydrogens is 190 g/mol. The molecule has 2 heterocycles. The number of nitrogens with zero attached hydrogens (tertiary/aromatic N) is 2. The molecule has 0 fully saturated rings. The monoisotopic (exact) mass is 209 g/mol. The molecule has 1 aromatic heterocycles. The summed E-state index contributed by atoms with van der Waals surface area (Å²) in [5, 5.41) is 7.50. The second-order valence-corrected chi connectivity index (χ2v) is 4.20. The molecule has 1 aliphatic heterocycles. The van der Waals surface area contributed by atoms with E-state index < -0.39 is 0 Å². The molecule has 4 heteroatoms. The molecule has 0 saturated heterocycles. The van der Waals surface area contributed by atoms with Crippen LogP contribution in [-0.2, 0) is 19.5 Å². The van der Waals surface area contributed by atoms with Gasteiger partial charge in [-0.25, -0.2) is 0 Å². The fourth-order valence-electron chi connectivity index (χ4n) is 1.92. The van der Waals surface area contributed by atoms with Crippen molar-refractivity contribution in [1.29, 1.82) is 0 Å². The molecule has 15 heavy (non-hydrogen) atoms. The van der Waals surface area contributed by atoms with Crippen LogP contribution < -0.4 is 5.32 Å². The predicted molar refractivity (Wildman–Crippen MR) is 58.5 cm³/mol. The maximum atomic E-state index is 5.35. The molecule has 0 unspecified atom stereocenters. The molecule has 0 aromatic carbocycles. The van der Waals surface area contributed by atoms with E-state index in [0.717, 1.165) is 50.5 Å². The third kappa shape index (κ3) is 2.38. The number of aromatic nitrogens is 1.